The lowest BCUT2D eigenvalue weighted by Gasteiger charge is -2.21. The molecule has 4 aromatic heterocycles. The van der Waals surface area contributed by atoms with Crippen molar-refractivity contribution in [2.45, 2.75) is 18.8 Å². The molecule has 6 rings (SSSR count). The molecule has 30 heavy (non-hydrogen) atoms. The number of fused-ring (bicyclic) bond motifs is 2. The van der Waals surface area contributed by atoms with Gasteiger partial charge in [0.25, 0.3) is 0 Å². The summed E-state index contributed by atoms with van der Waals surface area (Å²) in [6, 6.07) is 10.3. The van der Waals surface area contributed by atoms with Crippen molar-refractivity contribution in [2.24, 2.45) is 0 Å². The predicted octanol–water partition coefficient (Wildman–Crippen LogP) is 3.91. The van der Waals surface area contributed by atoms with Crippen LogP contribution < -0.4 is 5.32 Å². The van der Waals surface area contributed by atoms with Gasteiger partial charge in [-0.15, -0.1) is 10.2 Å². The maximum absolute atomic E-state index is 13.5. The standard InChI is InChI=1S/C22H19FN6O/c23-17-6-3-14(4-7-17)19-20(28-10-11-30-22(28)25-19)16-5-8-18-26-27-21(29(18)13-16)15-2-1-9-24-12-15/h3-8,10-11,13,15,24H,1-2,9,12H2. The van der Waals surface area contributed by atoms with E-state index in [2.05, 4.69) is 31.1 Å². The van der Waals surface area contributed by atoms with Crippen LogP contribution in [0.4, 0.5) is 4.39 Å². The van der Waals surface area contributed by atoms with Crippen molar-refractivity contribution in [1.29, 1.82) is 0 Å². The molecule has 0 amide bonds. The zero-order chi connectivity index (χ0) is 20.1. The van der Waals surface area contributed by atoms with Crippen LogP contribution in [0.25, 0.3) is 34.0 Å². The summed E-state index contributed by atoms with van der Waals surface area (Å²) in [6.07, 6.45) is 7.73. The molecule has 1 fully saturated rings. The second-order valence-corrected chi connectivity index (χ2v) is 7.62. The van der Waals surface area contributed by atoms with Crippen molar-refractivity contribution in [3.63, 3.8) is 0 Å². The van der Waals surface area contributed by atoms with Crippen molar-refractivity contribution in [3.05, 3.63) is 66.7 Å². The van der Waals surface area contributed by atoms with Gasteiger partial charge < -0.3 is 9.73 Å². The van der Waals surface area contributed by atoms with Crippen LogP contribution in [0.15, 0.2) is 59.5 Å². The molecule has 1 atom stereocenters. The maximum atomic E-state index is 13.5. The van der Waals surface area contributed by atoms with Gasteiger partial charge in [0.15, 0.2) is 5.65 Å². The van der Waals surface area contributed by atoms with Crippen LogP contribution in [0.2, 0.25) is 0 Å². The molecule has 0 bridgehead atoms. The molecular formula is C22H19FN6O. The topological polar surface area (TPSA) is 72.7 Å². The average Bonchev–Trinajstić information content (AvgIpc) is 3.48. The van der Waals surface area contributed by atoms with Crippen molar-refractivity contribution in [2.75, 3.05) is 13.1 Å². The number of halogens is 1. The van der Waals surface area contributed by atoms with Crippen LogP contribution in [-0.4, -0.2) is 37.1 Å². The molecule has 8 heteroatoms. The molecule has 1 saturated heterocycles. The highest BCUT2D eigenvalue weighted by Gasteiger charge is 2.22. The summed E-state index contributed by atoms with van der Waals surface area (Å²) in [4.78, 5) is 4.65. The lowest BCUT2D eigenvalue weighted by molar-refractivity contribution is 0.444. The Kier molecular flexibility index (Phi) is 3.92. The molecule has 5 aromatic rings. The first-order chi connectivity index (χ1) is 14.8. The Hall–Kier alpha value is -3.52. The number of nitrogens with zero attached hydrogens (tertiary/aromatic N) is 5. The van der Waals surface area contributed by atoms with E-state index in [1.807, 2.05) is 22.7 Å². The third-order valence-electron chi connectivity index (χ3n) is 5.74. The van der Waals surface area contributed by atoms with Gasteiger partial charge >= 0.3 is 5.84 Å². The number of piperidine rings is 1. The van der Waals surface area contributed by atoms with Gasteiger partial charge in [0.2, 0.25) is 0 Å². The molecule has 5 heterocycles. The van der Waals surface area contributed by atoms with E-state index >= 15 is 0 Å². The van der Waals surface area contributed by atoms with E-state index in [0.29, 0.717) is 11.8 Å². The molecule has 1 aromatic carbocycles. The first-order valence-corrected chi connectivity index (χ1v) is 10.1. The van der Waals surface area contributed by atoms with E-state index < -0.39 is 0 Å². The lowest BCUT2D eigenvalue weighted by Crippen LogP contribution is -2.29. The fourth-order valence-corrected chi connectivity index (χ4v) is 4.27. The molecule has 1 aliphatic heterocycles. The van der Waals surface area contributed by atoms with Gasteiger partial charge in [0.1, 0.15) is 23.6 Å². The quantitative estimate of drug-likeness (QED) is 0.495. The highest BCUT2D eigenvalue weighted by Crippen LogP contribution is 2.34. The van der Waals surface area contributed by atoms with Crippen molar-refractivity contribution in [1.82, 2.24) is 29.3 Å². The number of rotatable bonds is 3. The van der Waals surface area contributed by atoms with Crippen LogP contribution in [0.1, 0.15) is 24.6 Å². The normalized spacial score (nSPS) is 17.2. The summed E-state index contributed by atoms with van der Waals surface area (Å²) in [6.45, 7) is 1.96. The van der Waals surface area contributed by atoms with Crippen LogP contribution in [0.3, 0.4) is 0 Å². The monoisotopic (exact) mass is 402 g/mol. The second kappa shape index (κ2) is 6.77. The fraction of sp³-hybridized carbons (Fsp3) is 0.227. The fourth-order valence-electron chi connectivity index (χ4n) is 4.27. The van der Waals surface area contributed by atoms with E-state index in [4.69, 9.17) is 4.42 Å². The Morgan fingerprint density at radius 3 is 2.73 bits per heavy atom. The number of nitrogens with one attached hydrogen (secondary N) is 1. The second-order valence-electron chi connectivity index (χ2n) is 7.62. The molecule has 1 N–H and O–H groups in total. The summed E-state index contributed by atoms with van der Waals surface area (Å²) >= 11 is 0. The SMILES string of the molecule is Fc1ccc(-c2nc3occn3c2-c2ccc3nnc(C4CCCNC4)n3c2)cc1. The van der Waals surface area contributed by atoms with Crippen molar-refractivity contribution >= 4 is 11.5 Å². The van der Waals surface area contributed by atoms with Crippen molar-refractivity contribution in [3.8, 4) is 22.5 Å². The predicted molar refractivity (Wildman–Crippen MR) is 110 cm³/mol. The largest absolute Gasteiger partial charge is 0.432 e. The van der Waals surface area contributed by atoms with E-state index in [9.17, 15) is 4.39 Å². The highest BCUT2D eigenvalue weighted by atomic mass is 19.1. The van der Waals surface area contributed by atoms with Crippen LogP contribution in [-0.2, 0) is 0 Å². The molecule has 150 valence electrons. The molecule has 0 aliphatic carbocycles. The number of imidazole rings is 1. The maximum Gasteiger partial charge on any atom is 0.306 e. The number of aromatic nitrogens is 5. The average molecular weight is 402 g/mol. The van der Waals surface area contributed by atoms with E-state index in [1.165, 1.54) is 12.1 Å². The van der Waals surface area contributed by atoms with Gasteiger partial charge in [-0.3, -0.25) is 8.80 Å². The van der Waals surface area contributed by atoms with Crippen LogP contribution in [0, 0.1) is 5.82 Å². The summed E-state index contributed by atoms with van der Waals surface area (Å²) in [5.41, 5.74) is 4.22. The molecule has 1 aliphatic rings. The Bertz CT molecular complexity index is 1340. The minimum Gasteiger partial charge on any atom is -0.432 e. The van der Waals surface area contributed by atoms with E-state index in [1.54, 1.807) is 18.4 Å². The number of hydrogen-bond donors (Lipinski definition) is 1. The third kappa shape index (κ3) is 2.72. The Morgan fingerprint density at radius 2 is 1.90 bits per heavy atom. The van der Waals surface area contributed by atoms with E-state index in [-0.39, 0.29) is 5.82 Å². The number of oxazole rings is 1. The van der Waals surface area contributed by atoms with Gasteiger partial charge in [-0.2, -0.15) is 4.98 Å². The molecule has 1 unspecified atom stereocenters. The number of pyridine rings is 1. The summed E-state index contributed by atoms with van der Waals surface area (Å²) < 4.78 is 23.0. The van der Waals surface area contributed by atoms with Crippen LogP contribution >= 0.6 is 0 Å². The van der Waals surface area contributed by atoms with Crippen LogP contribution in [0.5, 0.6) is 0 Å². The first kappa shape index (κ1) is 17.3. The Balaban J connectivity index is 1.54. The number of benzene rings is 1. The molecule has 0 spiro atoms. The van der Waals surface area contributed by atoms with Gasteiger partial charge in [0, 0.05) is 36.0 Å². The third-order valence-corrected chi connectivity index (χ3v) is 5.74. The minimum atomic E-state index is -0.278. The van der Waals surface area contributed by atoms with Gasteiger partial charge in [-0.05, 0) is 55.8 Å². The summed E-state index contributed by atoms with van der Waals surface area (Å²) in [7, 11) is 0. The molecular weight excluding hydrogens is 383 g/mol. The zero-order valence-corrected chi connectivity index (χ0v) is 16.1. The van der Waals surface area contributed by atoms with Gasteiger partial charge in [0.05, 0.1) is 5.69 Å². The first-order valence-electron chi connectivity index (χ1n) is 10.1. The summed E-state index contributed by atoms with van der Waals surface area (Å²) in [5.74, 6) is 1.51. The lowest BCUT2D eigenvalue weighted by atomic mass is 9.99. The highest BCUT2D eigenvalue weighted by molar-refractivity contribution is 5.81. The minimum absolute atomic E-state index is 0.278. The summed E-state index contributed by atoms with van der Waals surface area (Å²) in [5, 5.41) is 12.3. The Labute approximate surface area is 171 Å². The van der Waals surface area contributed by atoms with Gasteiger partial charge in [-0.1, -0.05) is 0 Å². The number of hydrogen-bond acceptors (Lipinski definition) is 5. The zero-order valence-electron chi connectivity index (χ0n) is 16.1. The smallest absolute Gasteiger partial charge is 0.306 e. The molecule has 0 saturated carbocycles. The Morgan fingerprint density at radius 1 is 1.03 bits per heavy atom. The van der Waals surface area contributed by atoms with E-state index in [0.717, 1.165) is 59.9 Å². The van der Waals surface area contributed by atoms with Crippen molar-refractivity contribution < 1.29 is 8.81 Å². The molecule has 0 radical (unpaired) electrons. The van der Waals surface area contributed by atoms with Gasteiger partial charge in [-0.25, -0.2) is 4.39 Å². The molecule has 7 nitrogen and oxygen atoms in total.